The number of aryl methyl sites for hydroxylation is 4. The molecule has 3 aromatic rings. The van der Waals surface area contributed by atoms with Crippen LogP contribution >= 0.6 is 0 Å². The van der Waals surface area contributed by atoms with E-state index in [4.69, 9.17) is 31.8 Å². The van der Waals surface area contributed by atoms with E-state index in [0.29, 0.717) is 36.6 Å². The predicted molar refractivity (Wildman–Crippen MR) is 158 cm³/mol. The van der Waals surface area contributed by atoms with Crippen molar-refractivity contribution < 1.29 is 14.3 Å². The fourth-order valence-corrected chi connectivity index (χ4v) is 5.30. The van der Waals surface area contributed by atoms with E-state index in [1.54, 1.807) is 16.2 Å². The predicted octanol–water partition coefficient (Wildman–Crippen LogP) is 0.629. The monoisotopic (exact) mass is 564 g/mol. The summed E-state index contributed by atoms with van der Waals surface area (Å²) >= 11 is 0. The highest BCUT2D eigenvalue weighted by molar-refractivity contribution is 5.82. The smallest absolute Gasteiger partial charge is 0.330 e. The Morgan fingerprint density at radius 2 is 1.80 bits per heavy atom. The third-order valence-corrected chi connectivity index (χ3v) is 7.21. The van der Waals surface area contributed by atoms with Gasteiger partial charge < -0.3 is 26.3 Å². The Balaban J connectivity index is 1.86. The van der Waals surface area contributed by atoms with Gasteiger partial charge in [-0.25, -0.2) is 15.2 Å². The van der Waals surface area contributed by atoms with Crippen LogP contribution in [0.3, 0.4) is 0 Å². The van der Waals surface area contributed by atoms with Gasteiger partial charge in [0.15, 0.2) is 11.5 Å². The van der Waals surface area contributed by atoms with Crippen LogP contribution in [0, 0.1) is 20.8 Å². The van der Waals surface area contributed by atoms with Gasteiger partial charge in [0.05, 0.1) is 31.3 Å². The molecule has 0 aliphatic carbocycles. The topological polar surface area (TPSA) is 177 Å². The Kier molecular flexibility index (Phi) is 9.28. The molecule has 12 nitrogen and oxygen atoms in total. The molecule has 0 fully saturated rings. The first-order chi connectivity index (χ1) is 19.6. The van der Waals surface area contributed by atoms with Crippen LogP contribution in [0.4, 0.5) is 5.69 Å². The highest BCUT2D eigenvalue weighted by Crippen LogP contribution is 2.37. The summed E-state index contributed by atoms with van der Waals surface area (Å²) in [7, 11) is 1.60. The number of nitrogens with two attached hydrogens (primary N) is 3. The van der Waals surface area contributed by atoms with E-state index in [1.807, 2.05) is 45.9 Å². The molecule has 8 N–H and O–H groups in total. The molecule has 1 amide bonds. The number of hydrazine groups is 1. The fraction of sp³-hybridized carbons (Fsp3) is 0.414. The van der Waals surface area contributed by atoms with Crippen molar-refractivity contribution in [2.75, 3.05) is 20.3 Å². The first-order valence-electron chi connectivity index (χ1n) is 13.7. The number of hydrogen-bond acceptors (Lipinski definition) is 9. The maximum Gasteiger partial charge on any atom is 0.330 e. The molecular formula is C29H40N8O4. The van der Waals surface area contributed by atoms with Gasteiger partial charge in [0.2, 0.25) is 5.91 Å². The maximum absolute atomic E-state index is 14.0. The summed E-state index contributed by atoms with van der Waals surface area (Å²) in [6, 6.07) is 8.97. The lowest BCUT2D eigenvalue weighted by molar-refractivity contribution is -0.123. The molecule has 1 atom stereocenters. The van der Waals surface area contributed by atoms with Gasteiger partial charge in [-0.15, -0.1) is 0 Å². The van der Waals surface area contributed by atoms with Gasteiger partial charge in [-0.1, -0.05) is 17.7 Å². The number of ether oxygens (including phenoxy) is 2. The Bertz CT molecular complexity index is 1550. The largest absolute Gasteiger partial charge is 0.493 e. The number of hydrogen-bond donors (Lipinski definition) is 5. The number of methoxy groups -OCH3 is 1. The number of carbonyl (C=O) groups is 1. The zero-order valence-electron chi connectivity index (χ0n) is 24.3. The molecule has 0 spiro atoms. The molecule has 2 heterocycles. The minimum atomic E-state index is -0.986. The Morgan fingerprint density at radius 3 is 2.41 bits per heavy atom. The van der Waals surface area contributed by atoms with Crippen molar-refractivity contribution in [3.05, 3.63) is 68.6 Å². The van der Waals surface area contributed by atoms with Crippen molar-refractivity contribution in [1.82, 2.24) is 19.9 Å². The van der Waals surface area contributed by atoms with Gasteiger partial charge >= 0.3 is 5.69 Å². The zero-order valence-corrected chi connectivity index (χ0v) is 24.3. The van der Waals surface area contributed by atoms with Crippen LogP contribution in [0.1, 0.15) is 29.2 Å². The van der Waals surface area contributed by atoms with E-state index in [-0.39, 0.29) is 18.8 Å². The quantitative estimate of drug-likeness (QED) is 0.135. The van der Waals surface area contributed by atoms with Crippen molar-refractivity contribution in [2.24, 2.45) is 22.3 Å². The molecular weight excluding hydrogens is 524 g/mol. The lowest BCUT2D eigenvalue weighted by Crippen LogP contribution is -2.60. The van der Waals surface area contributed by atoms with Crippen molar-refractivity contribution >= 4 is 11.6 Å². The molecule has 220 valence electrons. The summed E-state index contributed by atoms with van der Waals surface area (Å²) in [6.45, 7) is 9.27. The highest BCUT2D eigenvalue weighted by atomic mass is 16.5. The van der Waals surface area contributed by atoms with Crippen molar-refractivity contribution in [2.45, 2.75) is 59.4 Å². The van der Waals surface area contributed by atoms with Gasteiger partial charge in [-0.3, -0.25) is 19.8 Å². The molecule has 4 rings (SSSR count). The standard InChI is InChI=1S/C29H40N8O4/c1-6-41-23-13-19-7-9-36-21(20(19)14-22(23)40-5)15-24(34-25-17(3)11-16(2)12-18(25)4)37(29(36)39)10-8-33-28(38)26(35-32)27(30)31/h11-15,26-27,35H,6-10,30-32H2,1-5H3,(H,33,38). The summed E-state index contributed by atoms with van der Waals surface area (Å²) in [6.07, 6.45) is -0.339. The number of nitrogens with zero attached hydrogens (tertiary/aromatic N) is 3. The van der Waals surface area contributed by atoms with E-state index in [9.17, 15) is 9.59 Å². The molecule has 0 bridgehead atoms. The van der Waals surface area contributed by atoms with E-state index in [2.05, 4.69) is 22.9 Å². The molecule has 1 aromatic heterocycles. The first-order valence-corrected chi connectivity index (χ1v) is 13.7. The van der Waals surface area contributed by atoms with Crippen molar-refractivity contribution in [3.63, 3.8) is 0 Å². The minimum Gasteiger partial charge on any atom is -0.493 e. The maximum atomic E-state index is 14.0. The third kappa shape index (κ3) is 6.20. The lowest BCUT2D eigenvalue weighted by atomic mass is 9.97. The summed E-state index contributed by atoms with van der Waals surface area (Å²) in [5.74, 6) is 6.23. The summed E-state index contributed by atoms with van der Waals surface area (Å²) in [4.78, 5) is 31.5. The summed E-state index contributed by atoms with van der Waals surface area (Å²) in [5.41, 5.74) is 20.5. The van der Waals surface area contributed by atoms with Gasteiger partial charge in [0.1, 0.15) is 11.5 Å². The third-order valence-electron chi connectivity index (χ3n) is 7.21. The van der Waals surface area contributed by atoms with Crippen LogP contribution < -0.4 is 48.7 Å². The van der Waals surface area contributed by atoms with Gasteiger partial charge in [-0.05, 0) is 62.9 Å². The molecule has 0 saturated carbocycles. The van der Waals surface area contributed by atoms with Crippen LogP contribution in [-0.2, 0) is 24.3 Å². The number of rotatable bonds is 10. The van der Waals surface area contributed by atoms with Crippen LogP contribution in [0.5, 0.6) is 11.5 Å². The van der Waals surface area contributed by atoms with Crippen LogP contribution in [-0.4, -0.2) is 47.5 Å². The number of aromatic nitrogens is 2. The molecule has 2 aromatic carbocycles. The molecule has 1 aliphatic rings. The number of benzene rings is 2. The van der Waals surface area contributed by atoms with Crippen molar-refractivity contribution in [1.29, 1.82) is 0 Å². The molecule has 1 unspecified atom stereocenters. The fourth-order valence-electron chi connectivity index (χ4n) is 5.30. The second-order valence-electron chi connectivity index (χ2n) is 10.2. The van der Waals surface area contributed by atoms with Gasteiger partial charge in [-0.2, -0.15) is 0 Å². The molecule has 12 heteroatoms. The normalized spacial score (nSPS) is 13.5. The lowest BCUT2D eigenvalue weighted by Gasteiger charge is -2.25. The average molecular weight is 565 g/mol. The second-order valence-corrected chi connectivity index (χ2v) is 10.2. The van der Waals surface area contributed by atoms with Crippen LogP contribution in [0.2, 0.25) is 0 Å². The zero-order chi connectivity index (χ0) is 29.8. The molecule has 1 aliphatic heterocycles. The number of carbonyl (C=O) groups excluding carboxylic acids is 1. The van der Waals surface area contributed by atoms with Gasteiger partial charge in [0, 0.05) is 31.3 Å². The molecule has 41 heavy (non-hydrogen) atoms. The molecule has 0 radical (unpaired) electrons. The highest BCUT2D eigenvalue weighted by Gasteiger charge is 2.24. The first kappa shape index (κ1) is 30.0. The number of fused-ring (bicyclic) bond motifs is 3. The Morgan fingerprint density at radius 1 is 1.10 bits per heavy atom. The van der Waals surface area contributed by atoms with Crippen molar-refractivity contribution in [3.8, 4) is 22.8 Å². The Hall–Kier alpha value is -3.97. The Labute approximate surface area is 239 Å². The van der Waals surface area contributed by atoms with Crippen LogP contribution in [0.15, 0.2) is 40.1 Å². The van der Waals surface area contributed by atoms with E-state index >= 15 is 0 Å². The average Bonchev–Trinajstić information content (AvgIpc) is 2.92. The number of amides is 1. The SMILES string of the molecule is CCOc1cc2c(cc1OC)-c1cc(=Nc3c(C)cc(C)cc3C)n(CCNC(=O)C(NN)C(N)N)c(=O)n1CC2. The van der Waals surface area contributed by atoms with Gasteiger partial charge in [0.25, 0.3) is 0 Å². The molecule has 0 saturated heterocycles. The minimum absolute atomic E-state index is 0.138. The summed E-state index contributed by atoms with van der Waals surface area (Å²) < 4.78 is 14.7. The van der Waals surface area contributed by atoms with E-state index < -0.39 is 18.1 Å². The number of nitrogens with one attached hydrogen (secondary N) is 2. The van der Waals surface area contributed by atoms with E-state index in [0.717, 1.165) is 39.2 Å². The second kappa shape index (κ2) is 12.7. The van der Waals surface area contributed by atoms with Crippen LogP contribution in [0.25, 0.3) is 11.3 Å². The van der Waals surface area contributed by atoms with E-state index in [1.165, 1.54) is 0 Å². The summed E-state index contributed by atoms with van der Waals surface area (Å²) in [5, 5.41) is 2.76.